The maximum absolute atomic E-state index is 9.75. The summed E-state index contributed by atoms with van der Waals surface area (Å²) in [6.07, 6.45) is 0. The number of pyridine rings is 1. The molecule has 0 saturated heterocycles. The molecular weight excluding hydrogens is 343 g/mol. The second-order valence-corrected chi connectivity index (χ2v) is 6.14. The van der Waals surface area contributed by atoms with Gasteiger partial charge in [-0.05, 0) is 23.9 Å². The Balaban J connectivity index is 0.000000431. The van der Waals surface area contributed by atoms with Crippen LogP contribution in [0.3, 0.4) is 0 Å². The molecule has 2 aromatic carbocycles. The Bertz CT molecular complexity index is 875. The van der Waals surface area contributed by atoms with E-state index in [0.717, 1.165) is 0 Å². The SMILES string of the molecule is Cc1cc(C)[n+](N(C)c2cccc3ccccc23)c(C)c1.F[B-](F)(F)F. The molecule has 0 atom stereocenters. The van der Waals surface area contributed by atoms with Crippen molar-refractivity contribution in [1.29, 1.82) is 0 Å². The summed E-state index contributed by atoms with van der Waals surface area (Å²) < 4.78 is 41.3. The molecule has 3 rings (SSSR count). The van der Waals surface area contributed by atoms with Crippen molar-refractivity contribution in [2.45, 2.75) is 20.8 Å². The molecule has 3 aromatic rings. The van der Waals surface area contributed by atoms with Crippen molar-refractivity contribution in [2.75, 3.05) is 12.1 Å². The highest BCUT2D eigenvalue weighted by molar-refractivity contribution is 6.50. The number of hydrogen-bond donors (Lipinski definition) is 0. The molecule has 1 heterocycles. The molecule has 0 unspecified atom stereocenters. The van der Waals surface area contributed by atoms with Gasteiger partial charge in [0.1, 0.15) is 5.69 Å². The first-order valence-electron chi connectivity index (χ1n) is 8.17. The van der Waals surface area contributed by atoms with E-state index in [0.29, 0.717) is 0 Å². The van der Waals surface area contributed by atoms with Crippen LogP contribution in [0, 0.1) is 20.8 Å². The van der Waals surface area contributed by atoms with Gasteiger partial charge in [0.25, 0.3) is 0 Å². The van der Waals surface area contributed by atoms with Crippen LogP contribution in [0.4, 0.5) is 23.0 Å². The molecule has 0 aliphatic rings. The van der Waals surface area contributed by atoms with E-state index in [4.69, 9.17) is 0 Å². The fraction of sp³-hybridized carbons (Fsp3) is 0.211. The lowest BCUT2D eigenvalue weighted by atomic mass is 10.1. The zero-order valence-corrected chi connectivity index (χ0v) is 15.2. The van der Waals surface area contributed by atoms with E-state index in [-0.39, 0.29) is 0 Å². The van der Waals surface area contributed by atoms with Crippen molar-refractivity contribution in [3.8, 4) is 0 Å². The highest BCUT2D eigenvalue weighted by Crippen LogP contribution is 2.25. The van der Waals surface area contributed by atoms with Gasteiger partial charge in [-0.3, -0.25) is 0 Å². The Morgan fingerprint density at radius 3 is 1.88 bits per heavy atom. The molecule has 0 bridgehead atoms. The van der Waals surface area contributed by atoms with Crippen molar-refractivity contribution in [1.82, 2.24) is 0 Å². The fourth-order valence-corrected chi connectivity index (χ4v) is 3.17. The molecule has 26 heavy (non-hydrogen) atoms. The first-order chi connectivity index (χ1) is 12.1. The predicted molar refractivity (Wildman–Crippen MR) is 98.8 cm³/mol. The summed E-state index contributed by atoms with van der Waals surface area (Å²) >= 11 is 0. The highest BCUT2D eigenvalue weighted by atomic mass is 19.5. The van der Waals surface area contributed by atoms with Crippen LogP contribution in [0.2, 0.25) is 0 Å². The van der Waals surface area contributed by atoms with E-state index >= 15 is 0 Å². The van der Waals surface area contributed by atoms with Crippen LogP contribution in [0.25, 0.3) is 10.8 Å². The first kappa shape index (κ1) is 19.8. The molecule has 0 fully saturated rings. The van der Waals surface area contributed by atoms with E-state index in [1.807, 2.05) is 0 Å². The Labute approximate surface area is 150 Å². The number of aromatic nitrogens is 1. The van der Waals surface area contributed by atoms with Gasteiger partial charge in [0.05, 0.1) is 7.05 Å². The Morgan fingerprint density at radius 1 is 0.808 bits per heavy atom. The number of halogens is 4. The Kier molecular flexibility index (Phi) is 5.90. The quantitative estimate of drug-likeness (QED) is 0.342. The molecule has 0 amide bonds. The van der Waals surface area contributed by atoms with Gasteiger partial charge in [0.15, 0.2) is 0 Å². The van der Waals surface area contributed by atoms with Gasteiger partial charge in [0, 0.05) is 31.4 Å². The summed E-state index contributed by atoms with van der Waals surface area (Å²) in [5.41, 5.74) is 4.99. The van der Waals surface area contributed by atoms with Crippen LogP contribution in [-0.2, 0) is 0 Å². The van der Waals surface area contributed by atoms with Crippen LogP contribution in [0.15, 0.2) is 54.6 Å². The summed E-state index contributed by atoms with van der Waals surface area (Å²) in [6, 6.07) is 19.4. The number of aryl methyl sites for hydroxylation is 3. The third-order valence-corrected chi connectivity index (χ3v) is 3.96. The number of rotatable bonds is 2. The topological polar surface area (TPSA) is 7.12 Å². The molecule has 138 valence electrons. The third kappa shape index (κ3) is 4.97. The van der Waals surface area contributed by atoms with Gasteiger partial charge >= 0.3 is 7.25 Å². The smallest absolute Gasteiger partial charge is 0.418 e. The number of anilines is 1. The van der Waals surface area contributed by atoms with Crippen molar-refractivity contribution in [2.24, 2.45) is 0 Å². The van der Waals surface area contributed by atoms with Gasteiger partial charge in [0.2, 0.25) is 11.4 Å². The predicted octanol–water partition coefficient (Wildman–Crippen LogP) is 5.25. The van der Waals surface area contributed by atoms with Crippen LogP contribution >= 0.6 is 0 Å². The molecule has 0 N–H and O–H groups in total. The minimum atomic E-state index is -6.00. The van der Waals surface area contributed by atoms with Crippen molar-refractivity contribution in [3.05, 3.63) is 71.5 Å². The summed E-state index contributed by atoms with van der Waals surface area (Å²) in [4.78, 5) is 0. The average Bonchev–Trinajstić information content (AvgIpc) is 2.51. The Morgan fingerprint density at radius 2 is 1.31 bits per heavy atom. The first-order valence-corrected chi connectivity index (χ1v) is 8.17. The van der Waals surface area contributed by atoms with Crippen LogP contribution in [-0.4, -0.2) is 14.3 Å². The third-order valence-electron chi connectivity index (χ3n) is 3.96. The van der Waals surface area contributed by atoms with E-state index in [9.17, 15) is 17.3 Å². The van der Waals surface area contributed by atoms with Crippen LogP contribution in [0.1, 0.15) is 17.0 Å². The Hall–Kier alpha value is -2.57. The molecule has 0 saturated carbocycles. The maximum Gasteiger partial charge on any atom is 0.673 e. The summed E-state index contributed by atoms with van der Waals surface area (Å²) in [5, 5.41) is 4.77. The molecule has 2 nitrogen and oxygen atoms in total. The lowest BCUT2D eigenvalue weighted by Gasteiger charge is -2.18. The molecule has 0 aliphatic heterocycles. The number of fused-ring (bicyclic) bond motifs is 1. The zero-order valence-electron chi connectivity index (χ0n) is 15.2. The van der Waals surface area contributed by atoms with Gasteiger partial charge in [-0.2, -0.15) is 5.01 Å². The van der Waals surface area contributed by atoms with Gasteiger partial charge in [-0.1, -0.05) is 41.1 Å². The van der Waals surface area contributed by atoms with Crippen molar-refractivity contribution in [3.63, 3.8) is 0 Å². The highest BCUT2D eigenvalue weighted by Gasteiger charge is 2.21. The average molecular weight is 364 g/mol. The number of hydrogen-bond acceptors (Lipinski definition) is 1. The van der Waals surface area contributed by atoms with Gasteiger partial charge < -0.3 is 17.3 Å². The standard InChI is InChI=1S/C19H21N2.BF4/c1-14-12-15(2)21(16(3)13-14)20(4)19-11-7-9-17-8-5-6-10-18(17)19;2-1(3,4)5/h5-13H,1-4H3;/q+1;-1. The molecule has 1 aromatic heterocycles. The minimum Gasteiger partial charge on any atom is -0.418 e. The summed E-state index contributed by atoms with van der Waals surface area (Å²) in [7, 11) is -3.88. The summed E-state index contributed by atoms with van der Waals surface area (Å²) in [5.74, 6) is 0. The zero-order chi connectivity index (χ0) is 19.5. The minimum absolute atomic E-state index is 1.22. The molecule has 0 spiro atoms. The summed E-state index contributed by atoms with van der Waals surface area (Å²) in [6.45, 7) is 6.45. The number of benzene rings is 2. The lowest BCUT2D eigenvalue weighted by Crippen LogP contribution is -2.56. The maximum atomic E-state index is 9.75. The molecule has 0 aliphatic carbocycles. The van der Waals surface area contributed by atoms with Crippen LogP contribution in [0.5, 0.6) is 0 Å². The lowest BCUT2D eigenvalue weighted by molar-refractivity contribution is -0.693. The normalized spacial score (nSPS) is 11.1. The second kappa shape index (κ2) is 7.76. The van der Waals surface area contributed by atoms with E-state index < -0.39 is 7.25 Å². The van der Waals surface area contributed by atoms with E-state index in [1.54, 1.807) is 0 Å². The largest absolute Gasteiger partial charge is 0.673 e. The number of nitrogens with zero attached hydrogens (tertiary/aromatic N) is 2. The van der Waals surface area contributed by atoms with Crippen molar-refractivity contribution < 1.29 is 21.9 Å². The van der Waals surface area contributed by atoms with Gasteiger partial charge in [-0.15, -0.1) is 0 Å². The van der Waals surface area contributed by atoms with Crippen molar-refractivity contribution >= 4 is 23.7 Å². The monoisotopic (exact) mass is 364 g/mol. The second-order valence-electron chi connectivity index (χ2n) is 6.14. The van der Waals surface area contributed by atoms with E-state index in [2.05, 4.69) is 92.1 Å². The van der Waals surface area contributed by atoms with Crippen LogP contribution < -0.4 is 9.69 Å². The van der Waals surface area contributed by atoms with Gasteiger partial charge in [-0.25, -0.2) is 0 Å². The molecule has 7 heteroatoms. The molecular formula is C19H21BF4N2. The fourth-order valence-electron chi connectivity index (χ4n) is 3.17. The van der Waals surface area contributed by atoms with E-state index in [1.165, 1.54) is 33.4 Å². The molecule has 0 radical (unpaired) electrons.